The number of rotatable bonds is 7. The molecule has 1 aromatic carbocycles. The minimum atomic E-state index is -0.0399. The van der Waals surface area contributed by atoms with Gasteiger partial charge in [-0.15, -0.1) is 0 Å². The van der Waals surface area contributed by atoms with E-state index in [9.17, 15) is 4.79 Å². The molecule has 1 unspecified atom stereocenters. The molecule has 0 saturated heterocycles. The van der Waals surface area contributed by atoms with Gasteiger partial charge in [0, 0.05) is 38.5 Å². The number of nitrogens with one attached hydrogen (secondary N) is 1. The van der Waals surface area contributed by atoms with Crippen LogP contribution in [-0.2, 0) is 0 Å². The minimum Gasteiger partial charge on any atom is -0.396 e. The number of carbonyl (C=O) groups is 1. The molecule has 0 aliphatic rings. The van der Waals surface area contributed by atoms with Crippen LogP contribution in [0.25, 0.3) is 0 Å². The Morgan fingerprint density at radius 2 is 1.95 bits per heavy atom. The third-order valence-corrected chi connectivity index (χ3v) is 3.12. The van der Waals surface area contributed by atoms with E-state index in [1.165, 1.54) is 0 Å². The summed E-state index contributed by atoms with van der Waals surface area (Å²) in [6.07, 6.45) is 1.82. The first-order valence-electron chi connectivity index (χ1n) is 6.71. The van der Waals surface area contributed by atoms with Crippen LogP contribution in [0.2, 0.25) is 0 Å². The number of hydrogen-bond acceptors (Lipinski definition) is 3. The van der Waals surface area contributed by atoms with Gasteiger partial charge in [0.2, 0.25) is 0 Å². The summed E-state index contributed by atoms with van der Waals surface area (Å²) in [5.74, 6) is 0.262. The number of nitrogens with zero attached hydrogens (tertiary/aromatic N) is 1. The molecule has 0 spiro atoms. The lowest BCUT2D eigenvalue weighted by Gasteiger charge is -2.13. The summed E-state index contributed by atoms with van der Waals surface area (Å²) < 4.78 is 0. The van der Waals surface area contributed by atoms with Crippen LogP contribution in [0.5, 0.6) is 0 Å². The highest BCUT2D eigenvalue weighted by atomic mass is 16.3. The maximum Gasteiger partial charge on any atom is 0.251 e. The van der Waals surface area contributed by atoms with Crippen molar-refractivity contribution in [3.63, 3.8) is 0 Å². The van der Waals surface area contributed by atoms with E-state index in [1.54, 1.807) is 0 Å². The molecule has 0 saturated carbocycles. The molecule has 1 aromatic rings. The lowest BCUT2D eigenvalue weighted by atomic mass is 10.1. The van der Waals surface area contributed by atoms with Crippen LogP contribution in [0.4, 0.5) is 5.69 Å². The lowest BCUT2D eigenvalue weighted by molar-refractivity contribution is 0.0952. The molecule has 4 nitrogen and oxygen atoms in total. The quantitative estimate of drug-likeness (QED) is 0.739. The zero-order valence-corrected chi connectivity index (χ0v) is 12.0. The van der Waals surface area contributed by atoms with E-state index in [2.05, 4.69) is 5.32 Å². The van der Waals surface area contributed by atoms with Crippen LogP contribution in [0.1, 0.15) is 30.1 Å². The average molecular weight is 264 g/mol. The van der Waals surface area contributed by atoms with Crippen LogP contribution in [0.3, 0.4) is 0 Å². The van der Waals surface area contributed by atoms with Gasteiger partial charge in [-0.2, -0.15) is 0 Å². The molecular formula is C15H24N2O2. The van der Waals surface area contributed by atoms with Gasteiger partial charge in [0.15, 0.2) is 0 Å². The van der Waals surface area contributed by atoms with Gasteiger partial charge in [0.25, 0.3) is 5.91 Å². The number of aliphatic hydroxyl groups is 1. The molecular weight excluding hydrogens is 240 g/mol. The number of aliphatic hydroxyl groups excluding tert-OH is 1. The molecule has 1 rings (SSSR count). The van der Waals surface area contributed by atoms with Gasteiger partial charge >= 0.3 is 0 Å². The summed E-state index contributed by atoms with van der Waals surface area (Å²) in [5.41, 5.74) is 1.76. The predicted molar refractivity (Wildman–Crippen MR) is 78.6 cm³/mol. The number of benzene rings is 1. The Kier molecular flexibility index (Phi) is 6.36. The zero-order valence-electron chi connectivity index (χ0n) is 12.0. The summed E-state index contributed by atoms with van der Waals surface area (Å²) in [7, 11) is 3.94. The average Bonchev–Trinajstić information content (AvgIpc) is 2.43. The van der Waals surface area contributed by atoms with Crippen LogP contribution >= 0.6 is 0 Å². The molecule has 4 heteroatoms. The van der Waals surface area contributed by atoms with Crippen molar-refractivity contribution in [3.8, 4) is 0 Å². The fraction of sp³-hybridized carbons (Fsp3) is 0.533. The van der Waals surface area contributed by atoms with E-state index in [4.69, 9.17) is 5.11 Å². The van der Waals surface area contributed by atoms with Gasteiger partial charge in [-0.05, 0) is 43.0 Å². The van der Waals surface area contributed by atoms with Crippen molar-refractivity contribution in [2.75, 3.05) is 32.1 Å². The molecule has 0 fully saturated rings. The summed E-state index contributed by atoms with van der Waals surface area (Å²) >= 11 is 0. The van der Waals surface area contributed by atoms with Gasteiger partial charge in [-0.1, -0.05) is 6.92 Å². The first-order chi connectivity index (χ1) is 9.04. The lowest BCUT2D eigenvalue weighted by Crippen LogP contribution is -2.25. The van der Waals surface area contributed by atoms with Gasteiger partial charge < -0.3 is 15.3 Å². The van der Waals surface area contributed by atoms with E-state index in [-0.39, 0.29) is 12.5 Å². The smallest absolute Gasteiger partial charge is 0.251 e. The Hall–Kier alpha value is -1.55. The van der Waals surface area contributed by atoms with Crippen molar-refractivity contribution in [1.82, 2.24) is 5.32 Å². The van der Waals surface area contributed by atoms with Crippen LogP contribution < -0.4 is 10.2 Å². The Labute approximate surface area is 115 Å². The van der Waals surface area contributed by atoms with E-state index >= 15 is 0 Å². The molecule has 0 radical (unpaired) electrons. The van der Waals surface area contributed by atoms with Crippen molar-refractivity contribution < 1.29 is 9.90 Å². The number of anilines is 1. The highest BCUT2D eigenvalue weighted by molar-refractivity contribution is 5.94. The Morgan fingerprint density at radius 3 is 2.47 bits per heavy atom. The second-order valence-corrected chi connectivity index (χ2v) is 5.13. The second-order valence-electron chi connectivity index (χ2n) is 5.13. The Morgan fingerprint density at radius 1 is 1.32 bits per heavy atom. The third-order valence-electron chi connectivity index (χ3n) is 3.12. The predicted octanol–water partition coefficient (Wildman–Crippen LogP) is 1.89. The third kappa shape index (κ3) is 5.30. The van der Waals surface area contributed by atoms with Gasteiger partial charge in [0.05, 0.1) is 0 Å². The maximum absolute atomic E-state index is 11.9. The summed E-state index contributed by atoms with van der Waals surface area (Å²) in [4.78, 5) is 13.9. The molecule has 1 atom stereocenters. The van der Waals surface area contributed by atoms with Crippen molar-refractivity contribution in [2.24, 2.45) is 5.92 Å². The Bertz CT molecular complexity index is 388. The van der Waals surface area contributed by atoms with Crippen molar-refractivity contribution in [1.29, 1.82) is 0 Å². The number of hydrogen-bond donors (Lipinski definition) is 2. The van der Waals surface area contributed by atoms with Crippen LogP contribution in [0.15, 0.2) is 24.3 Å². The van der Waals surface area contributed by atoms with Crippen LogP contribution in [0, 0.1) is 5.92 Å². The minimum absolute atomic E-state index is 0.0399. The summed E-state index contributed by atoms with van der Waals surface area (Å²) in [6.45, 7) is 2.86. The molecule has 0 heterocycles. The molecule has 0 aliphatic heterocycles. The molecule has 0 aromatic heterocycles. The molecule has 19 heavy (non-hydrogen) atoms. The molecule has 1 amide bonds. The van der Waals surface area contributed by atoms with Crippen molar-refractivity contribution in [2.45, 2.75) is 19.8 Å². The number of amides is 1. The first-order valence-corrected chi connectivity index (χ1v) is 6.71. The standard InChI is InChI=1S/C15H24N2O2/c1-12(11-18)5-4-10-16-15(19)13-6-8-14(9-7-13)17(2)3/h6-9,12,18H,4-5,10-11H2,1-3H3,(H,16,19). The van der Waals surface area contributed by atoms with Crippen molar-refractivity contribution >= 4 is 11.6 Å². The summed E-state index contributed by atoms with van der Waals surface area (Å²) in [6, 6.07) is 7.54. The highest BCUT2D eigenvalue weighted by Crippen LogP contribution is 2.12. The van der Waals surface area contributed by atoms with Gasteiger partial charge in [-0.3, -0.25) is 4.79 Å². The zero-order chi connectivity index (χ0) is 14.3. The fourth-order valence-electron chi connectivity index (χ4n) is 1.76. The molecule has 0 bridgehead atoms. The van der Waals surface area contributed by atoms with E-state index in [0.29, 0.717) is 18.0 Å². The molecule has 2 N–H and O–H groups in total. The second kappa shape index (κ2) is 7.79. The van der Waals surface area contributed by atoms with E-state index in [1.807, 2.05) is 50.2 Å². The highest BCUT2D eigenvalue weighted by Gasteiger charge is 2.06. The first kappa shape index (κ1) is 15.5. The van der Waals surface area contributed by atoms with E-state index in [0.717, 1.165) is 18.5 Å². The van der Waals surface area contributed by atoms with Crippen molar-refractivity contribution in [3.05, 3.63) is 29.8 Å². The largest absolute Gasteiger partial charge is 0.396 e. The fourth-order valence-corrected chi connectivity index (χ4v) is 1.76. The van der Waals surface area contributed by atoms with Crippen LogP contribution in [-0.4, -0.2) is 38.3 Å². The SMILES string of the molecule is CC(CO)CCCNC(=O)c1ccc(N(C)C)cc1. The van der Waals surface area contributed by atoms with E-state index < -0.39 is 0 Å². The summed E-state index contributed by atoms with van der Waals surface area (Å²) in [5, 5.41) is 11.8. The monoisotopic (exact) mass is 264 g/mol. The topological polar surface area (TPSA) is 52.6 Å². The van der Waals surface area contributed by atoms with Gasteiger partial charge in [-0.25, -0.2) is 0 Å². The van der Waals surface area contributed by atoms with Gasteiger partial charge in [0.1, 0.15) is 0 Å². The Balaban J connectivity index is 2.37. The molecule has 0 aliphatic carbocycles. The number of carbonyl (C=O) groups excluding carboxylic acids is 1. The maximum atomic E-state index is 11.9. The molecule has 106 valence electrons. The normalized spacial score (nSPS) is 12.0.